The first-order valence-electron chi connectivity index (χ1n) is 1.97. The maximum atomic E-state index is 4.77. The molecule has 0 atom stereocenters. The number of methoxy groups -OCH3 is 1. The van der Waals surface area contributed by atoms with Gasteiger partial charge in [0.05, 0.1) is 7.11 Å². The van der Waals surface area contributed by atoms with Gasteiger partial charge in [0.25, 0.3) is 5.95 Å². The van der Waals surface area contributed by atoms with Crippen molar-refractivity contribution in [2.45, 2.75) is 0 Å². The van der Waals surface area contributed by atoms with E-state index in [1.807, 2.05) is 0 Å². The Morgan fingerprint density at radius 3 is 3.14 bits per heavy atom. The first kappa shape index (κ1) is 4.30. The van der Waals surface area contributed by atoms with Crippen LogP contribution < -0.4 is 5.32 Å². The SMILES string of the molecule is COC1=C[N]CO1. The van der Waals surface area contributed by atoms with Gasteiger partial charge in [0.2, 0.25) is 0 Å². The van der Waals surface area contributed by atoms with Gasteiger partial charge in [0, 0.05) is 0 Å². The Morgan fingerprint density at radius 1 is 2.00 bits per heavy atom. The van der Waals surface area contributed by atoms with Gasteiger partial charge in [-0.1, -0.05) is 0 Å². The van der Waals surface area contributed by atoms with Crippen molar-refractivity contribution in [3.63, 3.8) is 0 Å². The first-order valence-corrected chi connectivity index (χ1v) is 1.97. The Bertz CT molecular complexity index is 89.7. The normalized spacial score (nSPS) is 17.0. The molecular formula is C4H6NO2. The molecule has 7 heavy (non-hydrogen) atoms. The fraction of sp³-hybridized carbons (Fsp3) is 0.500. The first-order chi connectivity index (χ1) is 3.43. The van der Waals surface area contributed by atoms with E-state index in [9.17, 15) is 0 Å². The molecule has 0 N–H and O–H groups in total. The van der Waals surface area contributed by atoms with E-state index in [0.717, 1.165) is 0 Å². The Labute approximate surface area is 41.9 Å². The highest BCUT2D eigenvalue weighted by atomic mass is 16.7. The fourth-order valence-corrected chi connectivity index (χ4v) is 0.362. The summed E-state index contributed by atoms with van der Waals surface area (Å²) in [6.07, 6.45) is 1.56. The molecule has 0 aliphatic carbocycles. The van der Waals surface area contributed by atoms with Gasteiger partial charge in [-0.3, -0.25) is 0 Å². The third kappa shape index (κ3) is 0.765. The lowest BCUT2D eigenvalue weighted by Gasteiger charge is -1.95. The summed E-state index contributed by atoms with van der Waals surface area (Å²) in [7, 11) is 1.55. The molecule has 1 aliphatic heterocycles. The Hall–Kier alpha value is -0.860. The zero-order valence-corrected chi connectivity index (χ0v) is 4.05. The molecule has 0 bridgehead atoms. The molecule has 1 heterocycles. The number of hydrogen-bond donors (Lipinski definition) is 0. The highest BCUT2D eigenvalue weighted by Gasteiger charge is 2.02. The van der Waals surface area contributed by atoms with E-state index in [4.69, 9.17) is 4.74 Å². The van der Waals surface area contributed by atoms with Crippen LogP contribution in [0.2, 0.25) is 0 Å². The van der Waals surface area contributed by atoms with E-state index in [2.05, 4.69) is 10.1 Å². The topological polar surface area (TPSA) is 32.6 Å². The summed E-state index contributed by atoms with van der Waals surface area (Å²) in [5, 5.41) is 3.73. The maximum absolute atomic E-state index is 4.77. The van der Waals surface area contributed by atoms with Gasteiger partial charge >= 0.3 is 0 Å². The Balaban J connectivity index is 2.36. The van der Waals surface area contributed by atoms with Gasteiger partial charge in [-0.05, 0) is 0 Å². The zero-order chi connectivity index (χ0) is 5.11. The second kappa shape index (κ2) is 1.73. The van der Waals surface area contributed by atoms with Gasteiger partial charge in [-0.15, -0.1) is 0 Å². The van der Waals surface area contributed by atoms with Crippen LogP contribution in [0.5, 0.6) is 0 Å². The largest absolute Gasteiger partial charge is 0.468 e. The molecule has 0 aromatic carbocycles. The van der Waals surface area contributed by atoms with Crippen molar-refractivity contribution < 1.29 is 9.47 Å². The zero-order valence-electron chi connectivity index (χ0n) is 4.05. The predicted octanol–water partition coefficient (Wildman–Crippen LogP) is 0.0238. The van der Waals surface area contributed by atoms with Gasteiger partial charge in [-0.2, -0.15) is 0 Å². The van der Waals surface area contributed by atoms with E-state index in [1.165, 1.54) is 0 Å². The van der Waals surface area contributed by atoms with Crippen molar-refractivity contribution in [1.29, 1.82) is 0 Å². The molecule has 1 radical (unpaired) electrons. The monoisotopic (exact) mass is 100 g/mol. The molecule has 0 aromatic rings. The molecule has 1 rings (SSSR count). The van der Waals surface area contributed by atoms with Crippen LogP contribution in [0.25, 0.3) is 0 Å². The number of ether oxygens (including phenoxy) is 2. The smallest absolute Gasteiger partial charge is 0.299 e. The number of hydrogen-bond acceptors (Lipinski definition) is 2. The highest BCUT2D eigenvalue weighted by molar-refractivity contribution is 4.84. The summed E-state index contributed by atoms with van der Waals surface area (Å²) in [4.78, 5) is 0. The average molecular weight is 100 g/mol. The summed E-state index contributed by atoms with van der Waals surface area (Å²) in [5.74, 6) is 0.500. The van der Waals surface area contributed by atoms with E-state index in [-0.39, 0.29) is 0 Å². The molecule has 0 spiro atoms. The second-order valence-electron chi connectivity index (χ2n) is 1.11. The molecule has 1 aliphatic rings. The number of rotatable bonds is 1. The molecule has 3 nitrogen and oxygen atoms in total. The minimum absolute atomic E-state index is 0.406. The predicted molar refractivity (Wildman–Crippen MR) is 23.2 cm³/mol. The second-order valence-corrected chi connectivity index (χ2v) is 1.11. The molecule has 0 aromatic heterocycles. The van der Waals surface area contributed by atoms with Crippen LogP contribution in [-0.4, -0.2) is 13.8 Å². The fourth-order valence-electron chi connectivity index (χ4n) is 0.362. The van der Waals surface area contributed by atoms with Crippen molar-refractivity contribution >= 4 is 0 Å². The number of nitrogens with zero attached hydrogens (tertiary/aromatic N) is 1. The standard InChI is InChI=1S/C4H6NO2/c1-6-4-2-5-3-7-4/h2H,3H2,1H3. The maximum Gasteiger partial charge on any atom is 0.299 e. The summed E-state index contributed by atoms with van der Waals surface area (Å²) in [5.41, 5.74) is 0. The average Bonchev–Trinajstić information content (AvgIpc) is 2.14. The molecule has 0 saturated carbocycles. The van der Waals surface area contributed by atoms with Crippen molar-refractivity contribution in [3.05, 3.63) is 12.1 Å². The van der Waals surface area contributed by atoms with Crippen LogP contribution in [0.3, 0.4) is 0 Å². The van der Waals surface area contributed by atoms with Crippen LogP contribution >= 0.6 is 0 Å². The molecule has 0 saturated heterocycles. The van der Waals surface area contributed by atoms with Crippen molar-refractivity contribution in [2.24, 2.45) is 0 Å². The lowest BCUT2D eigenvalue weighted by molar-refractivity contribution is 0.0794. The third-order valence-corrected chi connectivity index (χ3v) is 0.679. The molecule has 0 amide bonds. The lowest BCUT2D eigenvalue weighted by Crippen LogP contribution is -1.90. The summed E-state index contributed by atoms with van der Waals surface area (Å²) >= 11 is 0. The third-order valence-electron chi connectivity index (χ3n) is 0.679. The summed E-state index contributed by atoms with van der Waals surface area (Å²) < 4.78 is 9.43. The molecule has 3 heteroatoms. The molecule has 0 fully saturated rings. The Morgan fingerprint density at radius 2 is 2.86 bits per heavy atom. The Kier molecular flexibility index (Phi) is 1.06. The van der Waals surface area contributed by atoms with Crippen molar-refractivity contribution in [3.8, 4) is 0 Å². The van der Waals surface area contributed by atoms with Crippen molar-refractivity contribution in [1.82, 2.24) is 5.32 Å². The minimum atomic E-state index is 0.406. The van der Waals surface area contributed by atoms with E-state index in [1.54, 1.807) is 13.3 Å². The van der Waals surface area contributed by atoms with Gasteiger partial charge in [0.1, 0.15) is 6.20 Å². The highest BCUT2D eigenvalue weighted by Crippen LogP contribution is 2.00. The molecule has 39 valence electrons. The van der Waals surface area contributed by atoms with E-state index >= 15 is 0 Å². The van der Waals surface area contributed by atoms with Crippen LogP contribution in [0.4, 0.5) is 0 Å². The quantitative estimate of drug-likeness (QED) is 0.465. The van der Waals surface area contributed by atoms with Crippen LogP contribution in [-0.2, 0) is 9.47 Å². The van der Waals surface area contributed by atoms with Crippen LogP contribution in [0, 0.1) is 0 Å². The lowest BCUT2D eigenvalue weighted by atomic mass is 10.9. The van der Waals surface area contributed by atoms with Gasteiger partial charge in [-0.25, -0.2) is 5.32 Å². The van der Waals surface area contributed by atoms with Gasteiger partial charge < -0.3 is 9.47 Å². The van der Waals surface area contributed by atoms with Crippen molar-refractivity contribution in [2.75, 3.05) is 13.8 Å². The van der Waals surface area contributed by atoms with Crippen LogP contribution in [0.1, 0.15) is 0 Å². The molecular weight excluding hydrogens is 94.0 g/mol. The molecule has 0 unspecified atom stereocenters. The van der Waals surface area contributed by atoms with Crippen LogP contribution in [0.15, 0.2) is 12.1 Å². The summed E-state index contributed by atoms with van der Waals surface area (Å²) in [6.45, 7) is 0.406. The summed E-state index contributed by atoms with van der Waals surface area (Å²) in [6, 6.07) is 0. The van der Waals surface area contributed by atoms with Gasteiger partial charge in [0.15, 0.2) is 6.73 Å². The minimum Gasteiger partial charge on any atom is -0.468 e. The van der Waals surface area contributed by atoms with E-state index in [0.29, 0.717) is 12.7 Å². The van der Waals surface area contributed by atoms with E-state index < -0.39 is 0 Å².